The van der Waals surface area contributed by atoms with Crippen LogP contribution in [0.25, 0.3) is 0 Å². The maximum atomic E-state index is 14.4. The average molecular weight is 503 g/mol. The molecule has 7 nitrogen and oxygen atoms in total. The average Bonchev–Trinajstić information content (AvgIpc) is 3.33. The van der Waals surface area contributed by atoms with Crippen LogP contribution < -0.4 is 9.47 Å². The molecule has 0 aromatic heterocycles. The lowest BCUT2D eigenvalue weighted by Crippen LogP contribution is -2.37. The van der Waals surface area contributed by atoms with E-state index in [9.17, 15) is 17.2 Å². The van der Waals surface area contributed by atoms with E-state index >= 15 is 0 Å². The number of para-hydroxylation sites is 1. The molecule has 0 saturated heterocycles. The number of hydrogen-bond donors (Lipinski definition) is 0. The van der Waals surface area contributed by atoms with Gasteiger partial charge in [-0.2, -0.15) is 4.31 Å². The number of nitrogens with zero attached hydrogens (tertiary/aromatic N) is 2. The summed E-state index contributed by atoms with van der Waals surface area (Å²) >= 11 is 0. The fourth-order valence-electron chi connectivity index (χ4n) is 3.78. The van der Waals surface area contributed by atoms with E-state index in [1.807, 2.05) is 18.2 Å². The van der Waals surface area contributed by atoms with Crippen molar-refractivity contribution < 1.29 is 31.5 Å². The molecule has 1 aliphatic rings. The number of oxime groups is 1. The van der Waals surface area contributed by atoms with E-state index in [-0.39, 0.29) is 23.5 Å². The molecule has 3 aromatic rings. The van der Waals surface area contributed by atoms with Gasteiger partial charge in [-0.3, -0.25) is 0 Å². The first kappa shape index (κ1) is 24.6. The van der Waals surface area contributed by atoms with Crippen LogP contribution in [0.15, 0.2) is 76.8 Å². The van der Waals surface area contributed by atoms with Crippen LogP contribution in [-0.4, -0.2) is 45.3 Å². The molecule has 35 heavy (non-hydrogen) atoms. The van der Waals surface area contributed by atoms with Crippen molar-refractivity contribution in [3.05, 3.63) is 89.5 Å². The SMILES string of the molecule is COc1ccc(S(=O)(=O)N(Cc2ccc(F)cc2F)CC2CC(c3ccccc3OC)=NO2)cc1. The smallest absolute Gasteiger partial charge is 0.243 e. The Labute approximate surface area is 202 Å². The van der Waals surface area contributed by atoms with Crippen molar-refractivity contribution in [2.24, 2.45) is 5.16 Å². The zero-order valence-electron chi connectivity index (χ0n) is 19.1. The minimum Gasteiger partial charge on any atom is -0.497 e. The third kappa shape index (κ3) is 5.44. The molecule has 0 fully saturated rings. The van der Waals surface area contributed by atoms with Crippen LogP contribution in [-0.2, 0) is 21.4 Å². The summed E-state index contributed by atoms with van der Waals surface area (Å²) in [7, 11) is -1.05. The number of halogens is 2. The van der Waals surface area contributed by atoms with Crippen molar-refractivity contribution in [1.82, 2.24) is 4.31 Å². The largest absolute Gasteiger partial charge is 0.497 e. The van der Waals surface area contributed by atoms with E-state index in [0.717, 1.165) is 22.0 Å². The number of methoxy groups -OCH3 is 2. The molecule has 1 atom stereocenters. The van der Waals surface area contributed by atoms with Gasteiger partial charge in [0.05, 0.1) is 31.4 Å². The molecule has 1 unspecified atom stereocenters. The number of sulfonamides is 1. The van der Waals surface area contributed by atoms with E-state index in [4.69, 9.17) is 14.3 Å². The van der Waals surface area contributed by atoms with Gasteiger partial charge in [0.15, 0.2) is 0 Å². The first-order chi connectivity index (χ1) is 16.8. The molecule has 4 rings (SSSR count). The van der Waals surface area contributed by atoms with Gasteiger partial charge in [0.25, 0.3) is 0 Å². The summed E-state index contributed by atoms with van der Waals surface area (Å²) in [5, 5.41) is 4.14. The van der Waals surface area contributed by atoms with Crippen molar-refractivity contribution in [3.63, 3.8) is 0 Å². The quantitative estimate of drug-likeness (QED) is 0.434. The maximum Gasteiger partial charge on any atom is 0.243 e. The highest BCUT2D eigenvalue weighted by Crippen LogP contribution is 2.28. The van der Waals surface area contributed by atoms with Crippen molar-refractivity contribution in [3.8, 4) is 11.5 Å². The molecule has 184 valence electrons. The summed E-state index contributed by atoms with van der Waals surface area (Å²) in [5.41, 5.74) is 1.39. The Bertz CT molecular complexity index is 1330. The van der Waals surface area contributed by atoms with Crippen LogP contribution in [0.2, 0.25) is 0 Å². The molecule has 10 heteroatoms. The Morgan fingerprint density at radius 3 is 2.46 bits per heavy atom. The third-order valence-corrected chi connectivity index (χ3v) is 7.44. The van der Waals surface area contributed by atoms with Gasteiger partial charge in [-0.1, -0.05) is 23.4 Å². The number of benzene rings is 3. The lowest BCUT2D eigenvalue weighted by Gasteiger charge is -2.24. The van der Waals surface area contributed by atoms with Crippen LogP contribution in [0, 0.1) is 11.6 Å². The summed E-state index contributed by atoms with van der Waals surface area (Å²) in [4.78, 5) is 5.56. The van der Waals surface area contributed by atoms with E-state index in [0.29, 0.717) is 23.6 Å². The van der Waals surface area contributed by atoms with Crippen LogP contribution >= 0.6 is 0 Å². The Morgan fingerprint density at radius 1 is 1.03 bits per heavy atom. The Morgan fingerprint density at radius 2 is 1.77 bits per heavy atom. The van der Waals surface area contributed by atoms with Gasteiger partial charge in [-0.25, -0.2) is 17.2 Å². The van der Waals surface area contributed by atoms with E-state index < -0.39 is 27.8 Å². The van der Waals surface area contributed by atoms with Crippen LogP contribution in [0.1, 0.15) is 17.5 Å². The minimum atomic E-state index is -4.07. The summed E-state index contributed by atoms with van der Waals surface area (Å²) in [6.07, 6.45) is -0.299. The predicted octanol–water partition coefficient (Wildman–Crippen LogP) is 4.37. The number of ether oxygens (including phenoxy) is 2. The second-order valence-electron chi connectivity index (χ2n) is 7.88. The summed E-state index contributed by atoms with van der Waals surface area (Å²) < 4.78 is 66.5. The Hall–Kier alpha value is -3.50. The van der Waals surface area contributed by atoms with Crippen molar-refractivity contribution >= 4 is 15.7 Å². The molecule has 0 saturated carbocycles. The third-order valence-electron chi connectivity index (χ3n) is 5.62. The molecule has 3 aromatic carbocycles. The van der Waals surface area contributed by atoms with E-state index in [1.165, 1.54) is 37.4 Å². The second-order valence-corrected chi connectivity index (χ2v) is 9.82. The summed E-state index contributed by atoms with van der Waals surface area (Å²) in [6, 6.07) is 16.2. The zero-order chi connectivity index (χ0) is 25.0. The van der Waals surface area contributed by atoms with Gasteiger partial charge in [-0.05, 0) is 42.5 Å². The van der Waals surface area contributed by atoms with Gasteiger partial charge in [0.2, 0.25) is 10.0 Å². The number of rotatable bonds is 9. The molecule has 1 aliphatic heterocycles. The fourth-order valence-corrected chi connectivity index (χ4v) is 5.23. The van der Waals surface area contributed by atoms with Gasteiger partial charge in [0, 0.05) is 30.2 Å². The highest BCUT2D eigenvalue weighted by molar-refractivity contribution is 7.89. The first-order valence-corrected chi connectivity index (χ1v) is 12.2. The van der Waals surface area contributed by atoms with Crippen molar-refractivity contribution in [2.75, 3.05) is 20.8 Å². The molecular formula is C25H24F2N2O5S. The molecule has 0 N–H and O–H groups in total. The zero-order valence-corrected chi connectivity index (χ0v) is 20.0. The molecule has 0 aliphatic carbocycles. The Balaban J connectivity index is 1.60. The summed E-state index contributed by atoms with van der Waals surface area (Å²) in [6.45, 7) is -0.419. The molecule has 0 spiro atoms. The van der Waals surface area contributed by atoms with Gasteiger partial charge >= 0.3 is 0 Å². The Kier molecular flexibility index (Phi) is 7.32. The molecular weight excluding hydrogens is 478 g/mol. The fraction of sp³-hybridized carbons (Fsp3) is 0.240. The van der Waals surface area contributed by atoms with Gasteiger partial charge in [-0.15, -0.1) is 0 Å². The topological polar surface area (TPSA) is 77.4 Å². The van der Waals surface area contributed by atoms with Crippen molar-refractivity contribution in [1.29, 1.82) is 0 Å². The molecule has 0 radical (unpaired) electrons. The predicted molar refractivity (Wildman–Crippen MR) is 126 cm³/mol. The van der Waals surface area contributed by atoms with E-state index in [1.54, 1.807) is 13.2 Å². The van der Waals surface area contributed by atoms with Crippen LogP contribution in [0.3, 0.4) is 0 Å². The van der Waals surface area contributed by atoms with Crippen molar-refractivity contribution in [2.45, 2.75) is 24.0 Å². The lowest BCUT2D eigenvalue weighted by atomic mass is 10.0. The highest BCUT2D eigenvalue weighted by Gasteiger charge is 2.32. The van der Waals surface area contributed by atoms with E-state index in [2.05, 4.69) is 5.16 Å². The monoisotopic (exact) mass is 502 g/mol. The normalized spacial score (nSPS) is 15.6. The molecule has 0 bridgehead atoms. The molecule has 0 amide bonds. The second kappa shape index (κ2) is 10.4. The minimum absolute atomic E-state index is 0.00434. The molecule has 1 heterocycles. The lowest BCUT2D eigenvalue weighted by molar-refractivity contribution is 0.0692. The number of hydrogen-bond acceptors (Lipinski definition) is 6. The van der Waals surface area contributed by atoms with Gasteiger partial charge in [0.1, 0.15) is 29.2 Å². The highest BCUT2D eigenvalue weighted by atomic mass is 32.2. The first-order valence-electron chi connectivity index (χ1n) is 10.8. The van der Waals surface area contributed by atoms with Crippen LogP contribution in [0.4, 0.5) is 8.78 Å². The summed E-state index contributed by atoms with van der Waals surface area (Å²) in [5.74, 6) is -0.469. The van der Waals surface area contributed by atoms with Gasteiger partial charge < -0.3 is 14.3 Å². The van der Waals surface area contributed by atoms with Crippen LogP contribution in [0.5, 0.6) is 11.5 Å². The standard InChI is InChI=1S/C25H24F2N2O5S/c1-32-19-9-11-21(12-10-19)35(30,31)29(15-17-7-8-18(26)13-23(17)27)16-20-14-24(28-34-20)22-5-3-4-6-25(22)33-2/h3-13,20H,14-16H2,1-2H3. The maximum absolute atomic E-state index is 14.4.